The zero-order valence-electron chi connectivity index (χ0n) is 9.66. The molecule has 86 valence electrons. The molecule has 0 spiro atoms. The van der Waals surface area contributed by atoms with Crippen LogP contribution in [0.25, 0.3) is 0 Å². The quantitative estimate of drug-likeness (QED) is 0.880. The van der Waals surface area contributed by atoms with E-state index in [-0.39, 0.29) is 0 Å². The summed E-state index contributed by atoms with van der Waals surface area (Å²) in [4.78, 5) is 0. The molecule has 0 aliphatic heterocycles. The third kappa shape index (κ3) is 2.13. The minimum Gasteiger partial charge on any atom is -0.293 e. The maximum atomic E-state index is 9.08. The molecule has 0 bridgehead atoms. The Balaban J connectivity index is 2.44. The third-order valence-corrected chi connectivity index (χ3v) is 2.94. The maximum Gasteiger partial charge on any atom is 0.103 e. The molecule has 0 aliphatic rings. The molecule has 0 saturated heterocycles. The van der Waals surface area contributed by atoms with E-state index in [4.69, 9.17) is 16.9 Å². The maximum absolute atomic E-state index is 9.08. The van der Waals surface area contributed by atoms with Crippen molar-refractivity contribution in [3.05, 3.63) is 52.3 Å². The Labute approximate surface area is 105 Å². The Hall–Kier alpha value is -1.92. The van der Waals surface area contributed by atoms with Crippen molar-refractivity contribution in [2.75, 3.05) is 5.43 Å². The predicted molar refractivity (Wildman–Crippen MR) is 69.1 cm³/mol. The van der Waals surface area contributed by atoms with Crippen LogP contribution in [0.15, 0.2) is 30.3 Å². The van der Waals surface area contributed by atoms with E-state index in [0.717, 1.165) is 11.4 Å². The Morgan fingerprint density at radius 3 is 2.41 bits per heavy atom. The molecule has 17 heavy (non-hydrogen) atoms. The Morgan fingerprint density at radius 2 is 1.82 bits per heavy atom. The molecular formula is C13H12ClN3. The molecule has 3 nitrogen and oxygen atoms in total. The van der Waals surface area contributed by atoms with Crippen LogP contribution in [0, 0.1) is 25.2 Å². The van der Waals surface area contributed by atoms with Crippen LogP contribution >= 0.6 is 11.6 Å². The van der Waals surface area contributed by atoms with E-state index in [1.165, 1.54) is 0 Å². The van der Waals surface area contributed by atoms with Crippen molar-refractivity contribution in [2.24, 2.45) is 0 Å². The minimum absolute atomic E-state index is 0.458. The van der Waals surface area contributed by atoms with Gasteiger partial charge in [0.15, 0.2) is 0 Å². The zero-order chi connectivity index (χ0) is 12.4. The minimum atomic E-state index is 0.458. The van der Waals surface area contributed by atoms with Crippen molar-refractivity contribution in [3.8, 4) is 6.07 Å². The fourth-order valence-corrected chi connectivity index (χ4v) is 1.91. The van der Waals surface area contributed by atoms with Crippen molar-refractivity contribution in [1.82, 2.24) is 4.68 Å². The summed E-state index contributed by atoms with van der Waals surface area (Å²) in [5.41, 5.74) is 6.51. The number of anilines is 1. The molecular weight excluding hydrogens is 234 g/mol. The van der Waals surface area contributed by atoms with E-state index in [0.29, 0.717) is 16.3 Å². The first kappa shape index (κ1) is 11.6. The molecule has 0 radical (unpaired) electrons. The highest BCUT2D eigenvalue weighted by Gasteiger charge is 2.08. The number of aryl methyl sites for hydroxylation is 2. The van der Waals surface area contributed by atoms with Gasteiger partial charge in [0, 0.05) is 11.4 Å². The average molecular weight is 246 g/mol. The highest BCUT2D eigenvalue weighted by Crippen LogP contribution is 2.24. The van der Waals surface area contributed by atoms with Crippen molar-refractivity contribution in [2.45, 2.75) is 13.8 Å². The van der Waals surface area contributed by atoms with E-state index in [9.17, 15) is 0 Å². The van der Waals surface area contributed by atoms with Gasteiger partial charge < -0.3 is 0 Å². The molecule has 0 fully saturated rings. The largest absolute Gasteiger partial charge is 0.293 e. The van der Waals surface area contributed by atoms with Crippen LogP contribution in [0.5, 0.6) is 0 Å². The molecule has 1 aromatic carbocycles. The monoisotopic (exact) mass is 245 g/mol. The van der Waals surface area contributed by atoms with Gasteiger partial charge in [-0.2, -0.15) is 5.26 Å². The molecule has 0 saturated carbocycles. The number of hydrogen-bond acceptors (Lipinski definition) is 2. The summed E-state index contributed by atoms with van der Waals surface area (Å²) in [6, 6.07) is 11.5. The Morgan fingerprint density at radius 1 is 1.18 bits per heavy atom. The van der Waals surface area contributed by atoms with Crippen molar-refractivity contribution < 1.29 is 0 Å². The normalized spacial score (nSPS) is 10.0. The molecule has 1 N–H and O–H groups in total. The first-order valence-electron chi connectivity index (χ1n) is 5.24. The summed E-state index contributed by atoms with van der Waals surface area (Å²) in [6.45, 7) is 3.99. The number of hydrogen-bond donors (Lipinski definition) is 1. The number of nitrogens with one attached hydrogen (secondary N) is 1. The average Bonchev–Trinajstić information content (AvgIpc) is 2.61. The van der Waals surface area contributed by atoms with Crippen molar-refractivity contribution in [1.29, 1.82) is 5.26 Å². The smallest absolute Gasteiger partial charge is 0.103 e. The fourth-order valence-electron chi connectivity index (χ4n) is 1.70. The van der Waals surface area contributed by atoms with E-state index in [1.54, 1.807) is 6.07 Å². The van der Waals surface area contributed by atoms with Crippen LogP contribution in [-0.4, -0.2) is 4.68 Å². The van der Waals surface area contributed by atoms with E-state index >= 15 is 0 Å². The highest BCUT2D eigenvalue weighted by molar-refractivity contribution is 6.32. The van der Waals surface area contributed by atoms with Crippen molar-refractivity contribution in [3.63, 3.8) is 0 Å². The van der Waals surface area contributed by atoms with Crippen LogP contribution < -0.4 is 5.43 Å². The van der Waals surface area contributed by atoms with Gasteiger partial charge in [-0.05, 0) is 38.1 Å². The van der Waals surface area contributed by atoms with Gasteiger partial charge in [0.1, 0.15) is 6.07 Å². The number of halogens is 1. The van der Waals surface area contributed by atoms with Gasteiger partial charge in [-0.15, -0.1) is 0 Å². The van der Waals surface area contributed by atoms with E-state index in [1.807, 2.05) is 42.8 Å². The number of nitrogens with zero attached hydrogens (tertiary/aromatic N) is 2. The van der Waals surface area contributed by atoms with Gasteiger partial charge in [0.25, 0.3) is 0 Å². The van der Waals surface area contributed by atoms with E-state index in [2.05, 4.69) is 11.5 Å². The first-order valence-corrected chi connectivity index (χ1v) is 5.62. The summed E-state index contributed by atoms with van der Waals surface area (Å²) < 4.78 is 1.92. The van der Waals surface area contributed by atoms with Gasteiger partial charge in [-0.1, -0.05) is 17.7 Å². The lowest BCUT2D eigenvalue weighted by atomic mass is 10.2. The molecule has 2 aromatic rings. The standard InChI is InChI=1S/C13H12ClN3/c1-9-6-7-10(2)17(9)16-13-5-3-4-12(14)11(13)8-15/h3-7,16H,1-2H3. The molecule has 0 amide bonds. The van der Waals surface area contributed by atoms with Crippen LogP contribution in [0.4, 0.5) is 5.69 Å². The lowest BCUT2D eigenvalue weighted by molar-refractivity contribution is 0.881. The second-order valence-electron chi connectivity index (χ2n) is 3.84. The molecule has 0 atom stereocenters. The summed E-state index contributed by atoms with van der Waals surface area (Å²) in [6.07, 6.45) is 0. The molecule has 4 heteroatoms. The lowest BCUT2D eigenvalue weighted by Gasteiger charge is -2.14. The predicted octanol–water partition coefficient (Wildman–Crippen LogP) is 3.51. The van der Waals surface area contributed by atoms with Gasteiger partial charge in [-0.3, -0.25) is 10.1 Å². The van der Waals surface area contributed by atoms with Crippen molar-refractivity contribution >= 4 is 17.3 Å². The van der Waals surface area contributed by atoms with Gasteiger partial charge in [-0.25, -0.2) is 0 Å². The SMILES string of the molecule is Cc1ccc(C)n1Nc1cccc(Cl)c1C#N. The van der Waals surface area contributed by atoms with Crippen LogP contribution in [0.1, 0.15) is 17.0 Å². The second kappa shape index (κ2) is 4.52. The van der Waals surface area contributed by atoms with E-state index < -0.39 is 0 Å². The molecule has 1 heterocycles. The summed E-state index contributed by atoms with van der Waals surface area (Å²) in [5.74, 6) is 0. The van der Waals surface area contributed by atoms with Gasteiger partial charge in [0.2, 0.25) is 0 Å². The van der Waals surface area contributed by atoms with Crippen LogP contribution in [-0.2, 0) is 0 Å². The van der Waals surface area contributed by atoms with Crippen LogP contribution in [0.3, 0.4) is 0 Å². The summed E-state index contributed by atoms with van der Waals surface area (Å²) in [5, 5.41) is 9.54. The number of aromatic nitrogens is 1. The third-order valence-electron chi connectivity index (χ3n) is 2.63. The number of rotatable bonds is 2. The highest BCUT2D eigenvalue weighted by atomic mass is 35.5. The van der Waals surface area contributed by atoms with Crippen LogP contribution in [0.2, 0.25) is 5.02 Å². The lowest BCUT2D eigenvalue weighted by Crippen LogP contribution is -2.13. The molecule has 2 rings (SSSR count). The first-order chi connectivity index (χ1) is 8.13. The Bertz CT molecular complexity index is 574. The molecule has 1 aromatic heterocycles. The zero-order valence-corrected chi connectivity index (χ0v) is 10.4. The Kier molecular flexibility index (Phi) is 3.08. The summed E-state index contributed by atoms with van der Waals surface area (Å²) >= 11 is 5.98. The summed E-state index contributed by atoms with van der Waals surface area (Å²) in [7, 11) is 0. The van der Waals surface area contributed by atoms with Gasteiger partial charge >= 0.3 is 0 Å². The second-order valence-corrected chi connectivity index (χ2v) is 4.24. The van der Waals surface area contributed by atoms with Gasteiger partial charge in [0.05, 0.1) is 16.3 Å². The number of benzene rings is 1. The fraction of sp³-hybridized carbons (Fsp3) is 0.154. The molecule has 0 unspecified atom stereocenters. The molecule has 0 aliphatic carbocycles. The number of nitriles is 1. The topological polar surface area (TPSA) is 40.8 Å².